The molecule has 0 aliphatic heterocycles. The van der Waals surface area contributed by atoms with E-state index in [-0.39, 0.29) is 11.9 Å². The summed E-state index contributed by atoms with van der Waals surface area (Å²) in [5.41, 5.74) is 1.41. The van der Waals surface area contributed by atoms with Crippen LogP contribution in [-0.4, -0.2) is 6.54 Å². The Hall–Kier alpha value is -0.130. The van der Waals surface area contributed by atoms with Crippen molar-refractivity contribution in [2.45, 2.75) is 13.0 Å². The molecule has 0 saturated heterocycles. The van der Waals surface area contributed by atoms with Crippen LogP contribution in [-0.2, 0) is 0 Å². The lowest BCUT2D eigenvalue weighted by Gasteiger charge is -2.20. The molecule has 1 atom stereocenters. The van der Waals surface area contributed by atoms with E-state index in [9.17, 15) is 4.39 Å². The number of nitrogens with one attached hydrogen (secondary N) is 1. The Labute approximate surface area is 150 Å². The zero-order valence-corrected chi connectivity index (χ0v) is 15.7. The number of benzene rings is 2. The second-order valence-corrected chi connectivity index (χ2v) is 6.98. The molecule has 0 bridgehead atoms. The van der Waals surface area contributed by atoms with Crippen molar-refractivity contribution in [2.24, 2.45) is 0 Å². The largest absolute Gasteiger partial charge is 0.306 e. The van der Waals surface area contributed by atoms with E-state index in [4.69, 9.17) is 23.2 Å². The Morgan fingerprint density at radius 2 is 1.76 bits per heavy atom. The average molecular weight is 456 g/mol. The molecule has 6 heteroatoms. The van der Waals surface area contributed by atoms with Crippen LogP contribution in [0.5, 0.6) is 0 Å². The van der Waals surface area contributed by atoms with Gasteiger partial charge in [-0.05, 0) is 68.2 Å². The predicted molar refractivity (Wildman–Crippen MR) is 93.8 cm³/mol. The molecule has 0 fully saturated rings. The van der Waals surface area contributed by atoms with E-state index < -0.39 is 0 Å². The Morgan fingerprint density at radius 3 is 2.38 bits per heavy atom. The van der Waals surface area contributed by atoms with Crippen molar-refractivity contribution in [3.8, 4) is 0 Å². The second kappa shape index (κ2) is 7.42. The first-order valence-corrected chi connectivity index (χ1v) is 8.61. The smallest absolute Gasteiger partial charge is 0.129 e. The summed E-state index contributed by atoms with van der Waals surface area (Å²) in [5.74, 6) is -0.316. The number of hydrogen-bond donors (Lipinski definition) is 1. The molecule has 2 rings (SSSR count). The molecule has 0 heterocycles. The lowest BCUT2D eigenvalue weighted by Crippen LogP contribution is -2.23. The fourth-order valence-corrected chi connectivity index (χ4v) is 3.06. The number of hydrogen-bond acceptors (Lipinski definition) is 1. The van der Waals surface area contributed by atoms with Gasteiger partial charge in [-0.3, -0.25) is 0 Å². The summed E-state index contributed by atoms with van der Waals surface area (Å²) >= 11 is 18.7. The molecule has 21 heavy (non-hydrogen) atoms. The highest BCUT2D eigenvalue weighted by atomic mass is 79.9. The maximum absolute atomic E-state index is 14.3. The maximum Gasteiger partial charge on any atom is 0.129 e. The van der Waals surface area contributed by atoms with Crippen LogP contribution in [0.2, 0.25) is 10.0 Å². The van der Waals surface area contributed by atoms with Gasteiger partial charge in [-0.25, -0.2) is 4.39 Å². The zero-order chi connectivity index (χ0) is 15.6. The van der Waals surface area contributed by atoms with E-state index in [2.05, 4.69) is 37.2 Å². The highest BCUT2D eigenvalue weighted by Gasteiger charge is 2.19. The summed E-state index contributed by atoms with van der Waals surface area (Å²) < 4.78 is 15.6. The molecule has 0 amide bonds. The standard InChI is InChI=1S/C15H12Br2Cl2FN/c1-2-21-15(8-3-4-12(18)10(16)5-8)9-6-13(19)11(17)7-14(9)20/h3-7,15,21H,2H2,1H3. The summed E-state index contributed by atoms with van der Waals surface area (Å²) in [7, 11) is 0. The van der Waals surface area contributed by atoms with E-state index in [1.807, 2.05) is 19.1 Å². The van der Waals surface area contributed by atoms with Crippen LogP contribution in [0.1, 0.15) is 24.1 Å². The molecule has 1 unspecified atom stereocenters. The van der Waals surface area contributed by atoms with Crippen molar-refractivity contribution in [1.29, 1.82) is 0 Å². The van der Waals surface area contributed by atoms with Gasteiger partial charge >= 0.3 is 0 Å². The van der Waals surface area contributed by atoms with E-state index in [0.717, 1.165) is 10.0 Å². The first-order chi connectivity index (χ1) is 9.93. The fourth-order valence-electron chi connectivity index (χ4n) is 2.06. The first kappa shape index (κ1) is 17.2. The van der Waals surface area contributed by atoms with Gasteiger partial charge in [0.05, 0.1) is 16.1 Å². The van der Waals surface area contributed by atoms with E-state index in [0.29, 0.717) is 26.6 Å². The third kappa shape index (κ3) is 3.99. The van der Waals surface area contributed by atoms with Gasteiger partial charge in [-0.2, -0.15) is 0 Å². The zero-order valence-electron chi connectivity index (χ0n) is 11.1. The van der Waals surface area contributed by atoms with Crippen molar-refractivity contribution in [1.82, 2.24) is 5.32 Å². The highest BCUT2D eigenvalue weighted by Crippen LogP contribution is 2.33. The van der Waals surface area contributed by atoms with Gasteiger partial charge in [0, 0.05) is 14.5 Å². The Morgan fingerprint density at radius 1 is 1.10 bits per heavy atom. The first-order valence-electron chi connectivity index (χ1n) is 6.26. The number of halogens is 5. The highest BCUT2D eigenvalue weighted by molar-refractivity contribution is 9.10. The van der Waals surface area contributed by atoms with E-state index >= 15 is 0 Å². The minimum atomic E-state index is -0.316. The van der Waals surface area contributed by atoms with Crippen molar-refractivity contribution in [2.75, 3.05) is 6.54 Å². The van der Waals surface area contributed by atoms with E-state index in [1.165, 1.54) is 6.07 Å². The van der Waals surface area contributed by atoms with Crippen LogP contribution < -0.4 is 5.32 Å². The minimum Gasteiger partial charge on any atom is -0.306 e. The van der Waals surface area contributed by atoms with Crippen molar-refractivity contribution < 1.29 is 4.39 Å². The van der Waals surface area contributed by atoms with Crippen LogP contribution >= 0.6 is 55.1 Å². The second-order valence-electron chi connectivity index (χ2n) is 4.45. The van der Waals surface area contributed by atoms with Crippen LogP contribution in [0.15, 0.2) is 39.3 Å². The normalized spacial score (nSPS) is 12.5. The molecular formula is C15H12Br2Cl2FN. The summed E-state index contributed by atoms with van der Waals surface area (Å²) in [6.07, 6.45) is 0. The van der Waals surface area contributed by atoms with Gasteiger partial charge in [0.1, 0.15) is 5.82 Å². The molecule has 112 valence electrons. The summed E-state index contributed by atoms with van der Waals surface area (Å²) in [4.78, 5) is 0. The van der Waals surface area contributed by atoms with Gasteiger partial charge in [0.25, 0.3) is 0 Å². The Kier molecular flexibility index (Phi) is 6.09. The Bertz CT molecular complexity index is 664. The SMILES string of the molecule is CCNC(c1ccc(Cl)c(Br)c1)c1cc(Cl)c(Br)cc1F. The molecule has 2 aromatic carbocycles. The van der Waals surface area contributed by atoms with Gasteiger partial charge < -0.3 is 5.32 Å². The summed E-state index contributed by atoms with van der Waals surface area (Å²) in [5, 5.41) is 4.36. The van der Waals surface area contributed by atoms with Gasteiger partial charge in [-0.1, -0.05) is 36.2 Å². The third-order valence-electron chi connectivity index (χ3n) is 3.04. The van der Waals surface area contributed by atoms with Crippen LogP contribution in [0.25, 0.3) is 0 Å². The predicted octanol–water partition coefficient (Wildman–Crippen LogP) is 6.36. The lowest BCUT2D eigenvalue weighted by atomic mass is 9.98. The van der Waals surface area contributed by atoms with Gasteiger partial charge in [0.15, 0.2) is 0 Å². The molecule has 1 nitrogen and oxygen atoms in total. The summed E-state index contributed by atoms with van der Waals surface area (Å²) in [6.45, 7) is 2.66. The number of rotatable bonds is 4. The molecule has 1 N–H and O–H groups in total. The molecule has 2 aromatic rings. The fraction of sp³-hybridized carbons (Fsp3) is 0.200. The minimum absolute atomic E-state index is 0.297. The molecule has 0 saturated carbocycles. The molecule has 0 aliphatic carbocycles. The van der Waals surface area contributed by atoms with Crippen molar-refractivity contribution >= 4 is 55.1 Å². The van der Waals surface area contributed by atoms with Crippen molar-refractivity contribution in [3.63, 3.8) is 0 Å². The lowest BCUT2D eigenvalue weighted by molar-refractivity contribution is 0.558. The van der Waals surface area contributed by atoms with Crippen LogP contribution in [0.3, 0.4) is 0 Å². The molecule has 0 aliphatic rings. The molecule has 0 aromatic heterocycles. The van der Waals surface area contributed by atoms with Crippen LogP contribution in [0, 0.1) is 5.82 Å². The van der Waals surface area contributed by atoms with E-state index in [1.54, 1.807) is 12.1 Å². The molecule has 0 radical (unpaired) electrons. The average Bonchev–Trinajstić information content (AvgIpc) is 2.44. The van der Waals surface area contributed by atoms with Crippen LogP contribution in [0.4, 0.5) is 4.39 Å². The molecule has 0 spiro atoms. The monoisotopic (exact) mass is 453 g/mol. The molecular weight excluding hydrogens is 444 g/mol. The maximum atomic E-state index is 14.3. The topological polar surface area (TPSA) is 12.0 Å². The Balaban J connectivity index is 2.52. The van der Waals surface area contributed by atoms with Gasteiger partial charge in [0.2, 0.25) is 0 Å². The third-order valence-corrected chi connectivity index (χ3v) is 5.45. The summed E-state index contributed by atoms with van der Waals surface area (Å²) in [6, 6.07) is 8.25. The van der Waals surface area contributed by atoms with Crippen molar-refractivity contribution in [3.05, 3.63) is 66.3 Å². The van der Waals surface area contributed by atoms with Gasteiger partial charge in [-0.15, -0.1) is 0 Å². The quantitative estimate of drug-likeness (QED) is 0.529.